The Labute approximate surface area is 114 Å². The first-order valence-electron chi connectivity index (χ1n) is 6.01. The molecule has 5 nitrogen and oxygen atoms in total. The summed E-state index contributed by atoms with van der Waals surface area (Å²) in [5, 5.41) is 4.37. The molecule has 6 heteroatoms. The lowest BCUT2D eigenvalue weighted by Crippen LogP contribution is -1.97. The number of halogens is 1. The Morgan fingerprint density at radius 1 is 1.15 bits per heavy atom. The van der Waals surface area contributed by atoms with Gasteiger partial charge in [-0.15, -0.1) is 0 Å². The third kappa shape index (κ3) is 2.01. The van der Waals surface area contributed by atoms with Crippen molar-refractivity contribution in [2.24, 2.45) is 7.05 Å². The molecule has 0 aliphatic rings. The van der Waals surface area contributed by atoms with Crippen LogP contribution in [0.5, 0.6) is 0 Å². The highest BCUT2D eigenvalue weighted by molar-refractivity contribution is 5.86. The summed E-state index contributed by atoms with van der Waals surface area (Å²) < 4.78 is 14.6. The van der Waals surface area contributed by atoms with Crippen LogP contribution in [-0.2, 0) is 7.05 Å². The molecule has 20 heavy (non-hydrogen) atoms. The fraction of sp³-hybridized carbons (Fsp3) is 0.0714. The fourth-order valence-corrected chi connectivity index (χ4v) is 2.04. The molecule has 3 aromatic rings. The molecule has 100 valence electrons. The molecule has 0 fully saturated rings. The maximum atomic E-state index is 13.0. The van der Waals surface area contributed by atoms with E-state index in [0.717, 1.165) is 17.3 Å². The minimum atomic E-state index is -0.386. The number of hydrogen-bond donors (Lipinski definition) is 1. The quantitative estimate of drug-likeness (QED) is 0.774. The zero-order chi connectivity index (χ0) is 14.1. The van der Waals surface area contributed by atoms with E-state index in [1.165, 1.54) is 6.07 Å². The number of aromatic nitrogens is 4. The number of nitrogen functional groups attached to an aromatic ring is 1. The number of pyridine rings is 2. The lowest BCUT2D eigenvalue weighted by atomic mass is 10.0. The monoisotopic (exact) mass is 269 g/mol. The average Bonchev–Trinajstić information content (AvgIpc) is 2.77. The average molecular weight is 269 g/mol. The molecule has 0 unspecified atom stereocenters. The Morgan fingerprint density at radius 2 is 1.90 bits per heavy atom. The molecule has 2 N–H and O–H groups in total. The van der Waals surface area contributed by atoms with Crippen molar-refractivity contribution in [1.82, 2.24) is 19.7 Å². The summed E-state index contributed by atoms with van der Waals surface area (Å²) in [4.78, 5) is 8.06. The van der Waals surface area contributed by atoms with Gasteiger partial charge >= 0.3 is 0 Å². The minimum absolute atomic E-state index is 0.386. The standard InChI is InChI=1S/C14H12FN5/c1-20-14(16)12(9-4-6-17-7-5-9)13(19-20)11-3-2-10(15)8-18-11/h2-8H,16H2,1H3. The predicted octanol–water partition coefficient (Wildman–Crippen LogP) is 2.27. The van der Waals surface area contributed by atoms with Gasteiger partial charge in [0.1, 0.15) is 17.3 Å². The summed E-state index contributed by atoms with van der Waals surface area (Å²) in [7, 11) is 1.76. The van der Waals surface area contributed by atoms with Crippen LogP contribution in [0.15, 0.2) is 42.9 Å². The summed E-state index contributed by atoms with van der Waals surface area (Å²) in [5.41, 5.74) is 8.94. The molecule has 0 radical (unpaired) electrons. The minimum Gasteiger partial charge on any atom is -0.383 e. The molecular formula is C14H12FN5. The van der Waals surface area contributed by atoms with Crippen molar-refractivity contribution >= 4 is 5.82 Å². The van der Waals surface area contributed by atoms with E-state index in [1.807, 2.05) is 12.1 Å². The fourth-order valence-electron chi connectivity index (χ4n) is 2.04. The molecule has 0 amide bonds. The summed E-state index contributed by atoms with van der Waals surface area (Å²) in [6.07, 6.45) is 4.53. The summed E-state index contributed by atoms with van der Waals surface area (Å²) in [5.74, 6) is 0.139. The van der Waals surface area contributed by atoms with E-state index in [9.17, 15) is 4.39 Å². The molecule has 3 aromatic heterocycles. The number of aryl methyl sites for hydroxylation is 1. The number of hydrogen-bond acceptors (Lipinski definition) is 4. The topological polar surface area (TPSA) is 69.6 Å². The largest absolute Gasteiger partial charge is 0.383 e. The van der Waals surface area contributed by atoms with E-state index >= 15 is 0 Å². The van der Waals surface area contributed by atoms with Gasteiger partial charge in [0.2, 0.25) is 0 Å². The van der Waals surface area contributed by atoms with Crippen molar-refractivity contribution in [2.45, 2.75) is 0 Å². The maximum Gasteiger partial charge on any atom is 0.141 e. The number of anilines is 1. The third-order valence-corrected chi connectivity index (χ3v) is 3.03. The van der Waals surface area contributed by atoms with E-state index in [0.29, 0.717) is 17.2 Å². The third-order valence-electron chi connectivity index (χ3n) is 3.03. The highest BCUT2D eigenvalue weighted by atomic mass is 19.1. The Balaban J connectivity index is 2.22. The van der Waals surface area contributed by atoms with Crippen LogP contribution in [0.1, 0.15) is 0 Å². The second-order valence-electron chi connectivity index (χ2n) is 4.33. The van der Waals surface area contributed by atoms with E-state index < -0.39 is 0 Å². The van der Waals surface area contributed by atoms with Crippen LogP contribution in [0.4, 0.5) is 10.2 Å². The van der Waals surface area contributed by atoms with Gasteiger partial charge in [0, 0.05) is 19.4 Å². The van der Waals surface area contributed by atoms with Crippen LogP contribution in [0.2, 0.25) is 0 Å². The Bertz CT molecular complexity index is 734. The molecule has 0 aliphatic heterocycles. The number of rotatable bonds is 2. The van der Waals surface area contributed by atoms with Crippen LogP contribution in [0, 0.1) is 5.82 Å². The molecule has 0 bridgehead atoms. The van der Waals surface area contributed by atoms with Crippen molar-refractivity contribution in [2.75, 3.05) is 5.73 Å². The highest BCUT2D eigenvalue weighted by Crippen LogP contribution is 2.34. The summed E-state index contributed by atoms with van der Waals surface area (Å²) >= 11 is 0. The van der Waals surface area contributed by atoms with Gasteiger partial charge in [-0.1, -0.05) is 0 Å². The van der Waals surface area contributed by atoms with Crippen LogP contribution in [0.3, 0.4) is 0 Å². The van der Waals surface area contributed by atoms with Crippen molar-refractivity contribution in [3.63, 3.8) is 0 Å². The van der Waals surface area contributed by atoms with E-state index in [2.05, 4.69) is 15.1 Å². The first kappa shape index (κ1) is 12.3. The first-order valence-corrected chi connectivity index (χ1v) is 6.01. The molecule has 0 spiro atoms. The van der Waals surface area contributed by atoms with Gasteiger partial charge in [0.15, 0.2) is 0 Å². The Hall–Kier alpha value is -2.76. The molecule has 3 heterocycles. The van der Waals surface area contributed by atoms with Crippen molar-refractivity contribution in [1.29, 1.82) is 0 Å². The second-order valence-corrected chi connectivity index (χ2v) is 4.33. The molecule has 0 aromatic carbocycles. The normalized spacial score (nSPS) is 10.7. The van der Waals surface area contributed by atoms with Crippen molar-refractivity contribution in [3.8, 4) is 22.5 Å². The van der Waals surface area contributed by atoms with Gasteiger partial charge in [0.05, 0.1) is 17.5 Å². The van der Waals surface area contributed by atoms with Gasteiger partial charge in [-0.25, -0.2) is 4.39 Å². The SMILES string of the molecule is Cn1nc(-c2ccc(F)cn2)c(-c2ccncc2)c1N. The van der Waals surface area contributed by atoms with Crippen molar-refractivity contribution in [3.05, 3.63) is 48.7 Å². The van der Waals surface area contributed by atoms with Gasteiger partial charge in [-0.05, 0) is 29.8 Å². The molecular weight excluding hydrogens is 257 g/mol. The zero-order valence-corrected chi connectivity index (χ0v) is 10.8. The lowest BCUT2D eigenvalue weighted by molar-refractivity contribution is 0.621. The van der Waals surface area contributed by atoms with Crippen LogP contribution < -0.4 is 5.73 Å². The van der Waals surface area contributed by atoms with Gasteiger partial charge in [-0.2, -0.15) is 5.10 Å². The summed E-state index contributed by atoms with van der Waals surface area (Å²) in [6, 6.07) is 6.63. The molecule has 0 saturated heterocycles. The van der Waals surface area contributed by atoms with Crippen LogP contribution in [-0.4, -0.2) is 19.7 Å². The Morgan fingerprint density at radius 3 is 2.55 bits per heavy atom. The molecule has 0 saturated carbocycles. The van der Waals surface area contributed by atoms with Crippen LogP contribution in [0.25, 0.3) is 22.5 Å². The number of nitrogens with zero attached hydrogens (tertiary/aromatic N) is 4. The highest BCUT2D eigenvalue weighted by Gasteiger charge is 2.18. The molecule has 0 atom stereocenters. The summed E-state index contributed by atoms with van der Waals surface area (Å²) in [6.45, 7) is 0. The first-order chi connectivity index (χ1) is 9.66. The van der Waals surface area contributed by atoms with Gasteiger partial charge in [0.25, 0.3) is 0 Å². The maximum absolute atomic E-state index is 13.0. The van der Waals surface area contributed by atoms with Gasteiger partial charge < -0.3 is 5.73 Å². The van der Waals surface area contributed by atoms with Gasteiger partial charge in [-0.3, -0.25) is 14.6 Å². The zero-order valence-electron chi connectivity index (χ0n) is 10.8. The molecule has 0 aliphatic carbocycles. The van der Waals surface area contributed by atoms with E-state index in [4.69, 9.17) is 5.73 Å². The van der Waals surface area contributed by atoms with Crippen LogP contribution >= 0.6 is 0 Å². The predicted molar refractivity (Wildman–Crippen MR) is 74.0 cm³/mol. The van der Waals surface area contributed by atoms with E-state index in [-0.39, 0.29) is 5.82 Å². The van der Waals surface area contributed by atoms with E-state index in [1.54, 1.807) is 30.2 Å². The smallest absolute Gasteiger partial charge is 0.141 e. The molecule has 3 rings (SSSR count). The Kier molecular flexibility index (Phi) is 2.90. The second kappa shape index (κ2) is 4.73. The lowest BCUT2D eigenvalue weighted by Gasteiger charge is -2.03. The number of nitrogens with two attached hydrogens (primary N) is 1. The van der Waals surface area contributed by atoms with Crippen molar-refractivity contribution < 1.29 is 4.39 Å².